The minimum Gasteiger partial charge on any atom is -0.355 e. The molecule has 2 aliphatic heterocycles. The molecular weight excluding hydrogens is 508 g/mol. The van der Waals surface area contributed by atoms with Crippen LogP contribution in [0.3, 0.4) is 0 Å². The van der Waals surface area contributed by atoms with Crippen LogP contribution in [0.15, 0.2) is 29.2 Å². The lowest BCUT2D eigenvalue weighted by Gasteiger charge is -2.39. The molecule has 2 N–H and O–H groups in total. The molecule has 2 atom stereocenters. The van der Waals surface area contributed by atoms with Crippen LogP contribution >= 0.6 is 11.3 Å². The average Bonchev–Trinajstić information content (AvgIpc) is 3.30. The summed E-state index contributed by atoms with van der Waals surface area (Å²) in [5.74, 6) is -0.584. The Bertz CT molecular complexity index is 1350. The van der Waals surface area contributed by atoms with Gasteiger partial charge < -0.3 is 15.5 Å². The van der Waals surface area contributed by atoms with Gasteiger partial charge in [-0.05, 0) is 73.4 Å². The highest BCUT2D eigenvalue weighted by molar-refractivity contribution is 7.89. The fourth-order valence-corrected chi connectivity index (χ4v) is 9.86. The lowest BCUT2D eigenvalue weighted by atomic mass is 9.65. The zero-order chi connectivity index (χ0) is 26.8. The first-order valence-corrected chi connectivity index (χ1v) is 15.1. The van der Waals surface area contributed by atoms with E-state index in [1.54, 1.807) is 23.5 Å². The Labute approximate surface area is 223 Å². The van der Waals surface area contributed by atoms with Crippen molar-refractivity contribution in [2.24, 2.45) is 10.8 Å². The number of rotatable bonds is 5. The van der Waals surface area contributed by atoms with E-state index >= 15 is 0 Å². The number of amides is 2. The first-order valence-electron chi connectivity index (χ1n) is 12.8. The Morgan fingerprint density at radius 2 is 1.78 bits per heavy atom. The summed E-state index contributed by atoms with van der Waals surface area (Å²) in [5, 5.41) is 6.13. The smallest absolute Gasteiger partial charge is 0.256 e. The van der Waals surface area contributed by atoms with Gasteiger partial charge in [0.05, 0.1) is 10.5 Å². The highest BCUT2D eigenvalue weighted by atomic mass is 32.2. The molecule has 8 nitrogen and oxygen atoms in total. The average molecular weight is 545 g/mol. The van der Waals surface area contributed by atoms with Crippen LogP contribution < -0.4 is 10.6 Å². The largest absolute Gasteiger partial charge is 0.355 e. The Kier molecular flexibility index (Phi) is 6.54. The van der Waals surface area contributed by atoms with Crippen LogP contribution in [-0.2, 0) is 23.0 Å². The SMILES string of the molecule is CNC(=O)c1c(NC(=O)c2ccc(S(=O)(=O)N3CC4(C)CC3CC(C)(C)C4)cc2)sc2c1CCN(C)C2. The van der Waals surface area contributed by atoms with Crippen LogP contribution in [0.2, 0.25) is 0 Å². The molecule has 37 heavy (non-hydrogen) atoms. The molecule has 10 heteroatoms. The van der Waals surface area contributed by atoms with Crippen LogP contribution in [0, 0.1) is 10.8 Å². The van der Waals surface area contributed by atoms with Gasteiger partial charge in [0.25, 0.3) is 11.8 Å². The lowest BCUT2D eigenvalue weighted by molar-refractivity contribution is 0.0962. The summed E-state index contributed by atoms with van der Waals surface area (Å²) < 4.78 is 28.8. The quantitative estimate of drug-likeness (QED) is 0.594. The minimum atomic E-state index is -3.67. The van der Waals surface area contributed by atoms with E-state index in [9.17, 15) is 18.0 Å². The van der Waals surface area contributed by atoms with E-state index < -0.39 is 10.0 Å². The number of nitrogens with zero attached hydrogens (tertiary/aromatic N) is 2. The number of nitrogens with one attached hydrogen (secondary N) is 2. The Morgan fingerprint density at radius 1 is 1.08 bits per heavy atom. The summed E-state index contributed by atoms with van der Waals surface area (Å²) in [6.45, 7) is 8.76. The van der Waals surface area contributed by atoms with E-state index in [0.29, 0.717) is 22.7 Å². The van der Waals surface area contributed by atoms with E-state index in [1.165, 1.54) is 23.5 Å². The number of hydrogen-bond donors (Lipinski definition) is 2. The highest BCUT2D eigenvalue weighted by Gasteiger charge is 2.53. The maximum Gasteiger partial charge on any atom is 0.256 e. The van der Waals surface area contributed by atoms with Gasteiger partial charge in [-0.3, -0.25) is 9.59 Å². The molecule has 2 bridgehead atoms. The maximum atomic E-state index is 13.6. The number of benzene rings is 1. The number of carbonyl (C=O) groups excluding carboxylic acids is 2. The van der Waals surface area contributed by atoms with Crippen molar-refractivity contribution in [2.45, 2.75) is 63.9 Å². The van der Waals surface area contributed by atoms with Crippen molar-refractivity contribution < 1.29 is 18.0 Å². The van der Waals surface area contributed by atoms with Gasteiger partial charge in [-0.2, -0.15) is 4.31 Å². The normalized spacial score (nSPS) is 25.5. The van der Waals surface area contributed by atoms with Crippen LogP contribution in [-0.4, -0.2) is 62.7 Å². The zero-order valence-electron chi connectivity index (χ0n) is 22.2. The van der Waals surface area contributed by atoms with E-state index in [2.05, 4.69) is 36.3 Å². The fraction of sp³-hybridized carbons (Fsp3) is 0.556. The van der Waals surface area contributed by atoms with Crippen molar-refractivity contribution in [3.63, 3.8) is 0 Å². The first kappa shape index (κ1) is 26.3. The van der Waals surface area contributed by atoms with Crippen LogP contribution in [0.25, 0.3) is 0 Å². The molecule has 1 aromatic carbocycles. The van der Waals surface area contributed by atoms with Crippen molar-refractivity contribution >= 4 is 38.2 Å². The number of fused-ring (bicyclic) bond motifs is 3. The second-order valence-corrected chi connectivity index (χ2v) is 15.0. The van der Waals surface area contributed by atoms with Gasteiger partial charge in [0, 0.05) is 43.2 Å². The number of anilines is 1. The summed E-state index contributed by atoms with van der Waals surface area (Å²) in [7, 11) is -0.0462. The second kappa shape index (κ2) is 9.18. The van der Waals surface area contributed by atoms with Crippen molar-refractivity contribution in [1.29, 1.82) is 0 Å². The van der Waals surface area contributed by atoms with Crippen LogP contribution in [0.4, 0.5) is 5.00 Å². The van der Waals surface area contributed by atoms with Crippen LogP contribution in [0.5, 0.6) is 0 Å². The van der Waals surface area contributed by atoms with E-state index in [-0.39, 0.29) is 33.6 Å². The van der Waals surface area contributed by atoms with Crippen molar-refractivity contribution in [3.05, 3.63) is 45.8 Å². The first-order chi connectivity index (χ1) is 17.3. The summed E-state index contributed by atoms with van der Waals surface area (Å²) in [6.07, 6.45) is 3.52. The number of likely N-dealkylation sites (N-methyl/N-ethyl adjacent to an activating group) is 1. The standard InChI is InChI=1S/C27H36N4O4S2/c1-26(2)12-18-13-27(3,15-26)16-31(18)37(34,35)19-8-6-17(7-9-19)23(32)29-25-22(24(33)28-4)20-10-11-30(5)14-21(20)36-25/h6-9,18H,10-16H2,1-5H3,(H,28,33)(H,29,32). The number of carbonyl (C=O) groups is 2. The molecule has 200 valence electrons. The maximum absolute atomic E-state index is 13.6. The molecule has 0 radical (unpaired) electrons. The summed E-state index contributed by atoms with van der Waals surface area (Å²) >= 11 is 1.43. The molecule has 2 amide bonds. The summed E-state index contributed by atoms with van der Waals surface area (Å²) in [5.41, 5.74) is 1.98. The molecular formula is C27H36N4O4S2. The number of thiophene rings is 1. The Morgan fingerprint density at radius 3 is 2.46 bits per heavy atom. The number of hydrogen-bond acceptors (Lipinski definition) is 6. The molecule has 0 spiro atoms. The molecule has 2 unspecified atom stereocenters. The highest BCUT2D eigenvalue weighted by Crippen LogP contribution is 2.53. The molecule has 5 rings (SSSR count). The van der Waals surface area contributed by atoms with Crippen LogP contribution in [0.1, 0.15) is 71.2 Å². The molecule has 3 aliphatic rings. The lowest BCUT2D eigenvalue weighted by Crippen LogP contribution is -2.37. The molecule has 2 fully saturated rings. The third-order valence-electron chi connectivity index (χ3n) is 8.02. The molecule has 2 aromatic rings. The van der Waals surface area contributed by atoms with Crippen molar-refractivity contribution in [3.8, 4) is 0 Å². The van der Waals surface area contributed by atoms with Gasteiger partial charge in [0.1, 0.15) is 5.00 Å². The van der Waals surface area contributed by atoms with Gasteiger partial charge in [0.2, 0.25) is 10.0 Å². The molecule has 1 saturated carbocycles. The fourth-order valence-electron chi connectivity index (χ4n) is 6.76. The van der Waals surface area contributed by atoms with E-state index in [4.69, 9.17) is 0 Å². The molecule has 1 aliphatic carbocycles. The Hall–Kier alpha value is -2.27. The monoisotopic (exact) mass is 544 g/mol. The van der Waals surface area contributed by atoms with Gasteiger partial charge in [0.15, 0.2) is 0 Å². The second-order valence-electron chi connectivity index (χ2n) is 12.0. The Balaban J connectivity index is 1.36. The summed E-state index contributed by atoms with van der Waals surface area (Å²) in [4.78, 5) is 29.3. The van der Waals surface area contributed by atoms with Crippen molar-refractivity contribution in [2.75, 3.05) is 32.5 Å². The van der Waals surface area contributed by atoms with Gasteiger partial charge in [-0.15, -0.1) is 11.3 Å². The minimum absolute atomic E-state index is 0.00349. The van der Waals surface area contributed by atoms with E-state index in [1.807, 2.05) is 7.05 Å². The third-order valence-corrected chi connectivity index (χ3v) is 11.1. The number of sulfonamides is 1. The third kappa shape index (κ3) is 4.84. The van der Waals surface area contributed by atoms with Gasteiger partial charge in [-0.1, -0.05) is 20.8 Å². The van der Waals surface area contributed by atoms with E-state index in [0.717, 1.165) is 49.2 Å². The topological polar surface area (TPSA) is 98.8 Å². The molecule has 1 saturated heterocycles. The van der Waals surface area contributed by atoms with Crippen molar-refractivity contribution in [1.82, 2.24) is 14.5 Å². The van der Waals surface area contributed by atoms with Gasteiger partial charge >= 0.3 is 0 Å². The molecule has 1 aromatic heterocycles. The predicted molar refractivity (Wildman–Crippen MR) is 146 cm³/mol. The predicted octanol–water partition coefficient (Wildman–Crippen LogP) is 3.94. The van der Waals surface area contributed by atoms with Gasteiger partial charge in [-0.25, -0.2) is 8.42 Å². The summed E-state index contributed by atoms with van der Waals surface area (Å²) in [6, 6.07) is 6.16. The molecule has 3 heterocycles. The zero-order valence-corrected chi connectivity index (χ0v) is 23.8.